The summed E-state index contributed by atoms with van der Waals surface area (Å²) in [5.41, 5.74) is 1.09. The lowest BCUT2D eigenvalue weighted by molar-refractivity contribution is -0.137. The van der Waals surface area contributed by atoms with Crippen molar-refractivity contribution in [2.45, 2.75) is 18.6 Å². The molecule has 0 radical (unpaired) electrons. The van der Waals surface area contributed by atoms with Gasteiger partial charge in [-0.25, -0.2) is 21.5 Å². The highest BCUT2D eigenvalue weighted by atomic mass is 32.2. The molecule has 0 atom stereocenters. The third-order valence-electron chi connectivity index (χ3n) is 6.28. The van der Waals surface area contributed by atoms with E-state index in [1.165, 1.54) is 34.6 Å². The third kappa shape index (κ3) is 5.10. The van der Waals surface area contributed by atoms with Crippen molar-refractivity contribution >= 4 is 21.6 Å². The first-order valence-corrected chi connectivity index (χ1v) is 12.4. The van der Waals surface area contributed by atoms with E-state index in [0.717, 1.165) is 5.69 Å². The number of carbonyl (C=O) groups is 1. The molecule has 0 saturated carbocycles. The first kappa shape index (κ1) is 22.7. The minimum absolute atomic E-state index is 0.0647. The molecule has 0 aromatic heterocycles. The lowest BCUT2D eigenvalue weighted by Crippen LogP contribution is -2.52. The summed E-state index contributed by atoms with van der Waals surface area (Å²) in [5, 5.41) is 0. The van der Waals surface area contributed by atoms with Gasteiger partial charge in [0.15, 0.2) is 0 Å². The largest absolute Gasteiger partial charge is 0.368 e. The normalized spacial score (nSPS) is 18.7. The number of rotatable bonds is 5. The van der Waals surface area contributed by atoms with Gasteiger partial charge in [0.05, 0.1) is 5.75 Å². The van der Waals surface area contributed by atoms with Crippen molar-refractivity contribution in [1.29, 1.82) is 0 Å². The maximum absolute atomic E-state index is 13.9. The van der Waals surface area contributed by atoms with Crippen LogP contribution in [-0.2, 0) is 20.6 Å². The van der Waals surface area contributed by atoms with Crippen LogP contribution in [0.25, 0.3) is 0 Å². The van der Waals surface area contributed by atoms with Gasteiger partial charge in [0.2, 0.25) is 15.9 Å². The van der Waals surface area contributed by atoms with E-state index in [0.29, 0.717) is 39.0 Å². The average molecular weight is 464 g/mol. The summed E-state index contributed by atoms with van der Waals surface area (Å²) in [5.74, 6) is -1.31. The SMILES string of the molecule is O=C(C1CCN(S(=O)(=O)Cc2ccccc2F)CC1)N1CCN(c2ccc(F)cc2)CC1. The summed E-state index contributed by atoms with van der Waals surface area (Å²) in [7, 11) is -3.64. The number of hydrogen-bond acceptors (Lipinski definition) is 4. The van der Waals surface area contributed by atoms with Gasteiger partial charge in [0.25, 0.3) is 0 Å². The number of amides is 1. The summed E-state index contributed by atoms with van der Waals surface area (Å²) in [4.78, 5) is 16.9. The number of nitrogens with zero attached hydrogens (tertiary/aromatic N) is 3. The number of halogens is 2. The molecule has 4 rings (SSSR count). The Labute approximate surface area is 187 Å². The Bertz CT molecular complexity index is 1050. The van der Waals surface area contributed by atoms with Gasteiger partial charge >= 0.3 is 0 Å². The smallest absolute Gasteiger partial charge is 0.225 e. The van der Waals surface area contributed by atoms with Gasteiger partial charge in [0, 0.05) is 56.4 Å². The Morgan fingerprint density at radius 1 is 0.875 bits per heavy atom. The molecule has 0 bridgehead atoms. The van der Waals surface area contributed by atoms with Crippen LogP contribution in [-0.4, -0.2) is 62.8 Å². The molecule has 1 amide bonds. The fraction of sp³-hybridized carbons (Fsp3) is 0.435. The molecule has 2 fully saturated rings. The van der Waals surface area contributed by atoms with Crippen LogP contribution in [0, 0.1) is 17.6 Å². The topological polar surface area (TPSA) is 60.9 Å². The predicted molar refractivity (Wildman–Crippen MR) is 119 cm³/mol. The molecule has 0 spiro atoms. The Morgan fingerprint density at radius 2 is 1.50 bits per heavy atom. The van der Waals surface area contributed by atoms with Gasteiger partial charge in [-0.1, -0.05) is 18.2 Å². The van der Waals surface area contributed by atoms with Crippen molar-refractivity contribution in [1.82, 2.24) is 9.21 Å². The molecule has 2 aromatic rings. The monoisotopic (exact) mass is 463 g/mol. The van der Waals surface area contributed by atoms with Gasteiger partial charge in [-0.15, -0.1) is 0 Å². The highest BCUT2D eigenvalue weighted by Crippen LogP contribution is 2.25. The molecule has 0 N–H and O–H groups in total. The van der Waals surface area contributed by atoms with Gasteiger partial charge in [0.1, 0.15) is 11.6 Å². The van der Waals surface area contributed by atoms with Crippen LogP contribution in [0.2, 0.25) is 0 Å². The molecule has 2 aliphatic heterocycles. The van der Waals surface area contributed by atoms with Crippen molar-refractivity contribution in [3.05, 3.63) is 65.7 Å². The second kappa shape index (κ2) is 9.54. The van der Waals surface area contributed by atoms with Crippen LogP contribution in [0.5, 0.6) is 0 Å². The number of sulfonamides is 1. The van der Waals surface area contributed by atoms with Crippen molar-refractivity contribution in [2.75, 3.05) is 44.2 Å². The molecule has 6 nitrogen and oxygen atoms in total. The molecule has 2 heterocycles. The van der Waals surface area contributed by atoms with Crippen molar-refractivity contribution in [3.8, 4) is 0 Å². The molecule has 32 heavy (non-hydrogen) atoms. The van der Waals surface area contributed by atoms with Gasteiger partial charge in [-0.05, 0) is 43.2 Å². The third-order valence-corrected chi connectivity index (χ3v) is 8.10. The molecular weight excluding hydrogens is 436 g/mol. The van der Waals surface area contributed by atoms with Crippen molar-refractivity contribution < 1.29 is 22.0 Å². The van der Waals surface area contributed by atoms with Gasteiger partial charge < -0.3 is 9.80 Å². The van der Waals surface area contributed by atoms with E-state index in [1.54, 1.807) is 18.2 Å². The van der Waals surface area contributed by atoms with E-state index in [4.69, 9.17) is 0 Å². The number of piperazine rings is 1. The lowest BCUT2D eigenvalue weighted by atomic mass is 9.96. The highest BCUT2D eigenvalue weighted by Gasteiger charge is 2.34. The van der Waals surface area contributed by atoms with E-state index in [-0.39, 0.29) is 42.0 Å². The number of piperidine rings is 1. The van der Waals surface area contributed by atoms with Crippen LogP contribution < -0.4 is 4.90 Å². The van der Waals surface area contributed by atoms with Crippen LogP contribution in [0.4, 0.5) is 14.5 Å². The first-order chi connectivity index (χ1) is 15.3. The van der Waals surface area contributed by atoms with Crippen LogP contribution >= 0.6 is 0 Å². The number of anilines is 1. The van der Waals surface area contributed by atoms with Crippen molar-refractivity contribution in [3.63, 3.8) is 0 Å². The second-order valence-corrected chi connectivity index (χ2v) is 10.3. The minimum atomic E-state index is -3.64. The van der Waals surface area contributed by atoms with Crippen LogP contribution in [0.15, 0.2) is 48.5 Å². The Balaban J connectivity index is 1.28. The summed E-state index contributed by atoms with van der Waals surface area (Å²) < 4.78 is 53.8. The Hall–Kier alpha value is -2.52. The molecular formula is C23H27F2N3O3S. The standard InChI is InChI=1S/C23H27F2N3O3S/c24-20-5-7-21(8-6-20)26-13-15-27(16-14-26)23(29)18-9-11-28(12-10-18)32(30,31)17-19-3-1-2-4-22(19)25/h1-8,18H,9-17H2. The van der Waals surface area contributed by atoms with E-state index in [2.05, 4.69) is 4.90 Å². The average Bonchev–Trinajstić information content (AvgIpc) is 2.81. The summed E-state index contributed by atoms with van der Waals surface area (Å²) in [6, 6.07) is 12.2. The summed E-state index contributed by atoms with van der Waals surface area (Å²) in [6.45, 7) is 3.05. The highest BCUT2D eigenvalue weighted by molar-refractivity contribution is 7.88. The molecule has 172 valence electrons. The molecule has 0 aliphatic carbocycles. The number of benzene rings is 2. The summed E-state index contributed by atoms with van der Waals surface area (Å²) >= 11 is 0. The summed E-state index contributed by atoms with van der Waals surface area (Å²) in [6.07, 6.45) is 0.932. The Kier molecular flexibility index (Phi) is 6.76. The second-order valence-electron chi connectivity index (χ2n) is 8.31. The van der Waals surface area contributed by atoms with Crippen LogP contribution in [0.3, 0.4) is 0 Å². The molecule has 9 heteroatoms. The predicted octanol–water partition coefficient (Wildman–Crippen LogP) is 2.86. The van der Waals surface area contributed by atoms with Gasteiger partial charge in [-0.2, -0.15) is 0 Å². The Morgan fingerprint density at radius 3 is 2.12 bits per heavy atom. The van der Waals surface area contributed by atoms with E-state index < -0.39 is 15.8 Å². The van der Waals surface area contributed by atoms with Crippen LogP contribution in [0.1, 0.15) is 18.4 Å². The maximum Gasteiger partial charge on any atom is 0.225 e. The number of carbonyl (C=O) groups excluding carboxylic acids is 1. The van der Waals surface area contributed by atoms with E-state index in [1.807, 2.05) is 4.90 Å². The zero-order chi connectivity index (χ0) is 22.7. The molecule has 2 aromatic carbocycles. The molecule has 2 aliphatic rings. The zero-order valence-corrected chi connectivity index (χ0v) is 18.6. The maximum atomic E-state index is 13.9. The fourth-order valence-corrected chi connectivity index (χ4v) is 5.96. The quantitative estimate of drug-likeness (QED) is 0.684. The van der Waals surface area contributed by atoms with Gasteiger partial charge in [-0.3, -0.25) is 4.79 Å². The first-order valence-electron chi connectivity index (χ1n) is 10.8. The minimum Gasteiger partial charge on any atom is -0.368 e. The zero-order valence-electron chi connectivity index (χ0n) is 17.8. The van der Waals surface area contributed by atoms with E-state index in [9.17, 15) is 22.0 Å². The number of hydrogen-bond donors (Lipinski definition) is 0. The molecule has 2 saturated heterocycles. The van der Waals surface area contributed by atoms with E-state index >= 15 is 0 Å². The lowest BCUT2D eigenvalue weighted by Gasteiger charge is -2.39. The van der Waals surface area contributed by atoms with Crippen molar-refractivity contribution in [2.24, 2.45) is 5.92 Å². The molecule has 0 unspecified atom stereocenters. The fourth-order valence-electron chi connectivity index (χ4n) is 4.38.